The van der Waals surface area contributed by atoms with Crippen molar-refractivity contribution in [3.8, 4) is 11.6 Å². The van der Waals surface area contributed by atoms with Crippen molar-refractivity contribution in [1.82, 2.24) is 4.98 Å². The lowest BCUT2D eigenvalue weighted by molar-refractivity contribution is -0.130. The summed E-state index contributed by atoms with van der Waals surface area (Å²) in [5.41, 5.74) is 5.92. The molecule has 0 saturated carbocycles. The van der Waals surface area contributed by atoms with Crippen molar-refractivity contribution in [3.63, 3.8) is 0 Å². The van der Waals surface area contributed by atoms with Crippen LogP contribution in [0.25, 0.3) is 0 Å². The minimum Gasteiger partial charge on any atom is -0.439 e. The number of rotatable bonds is 5. The standard InChI is InChI=1S/C18H21N3O3.2ClH/c19-13-18(8-10-23-11-9-18)17(22)21-14-6-7-16(20-12-14)24-15-4-2-1-3-5-15;;/h1-7,12H,8-11,13,19H2,(H,21,22);2*1H. The van der Waals surface area contributed by atoms with E-state index in [1.54, 1.807) is 18.3 Å². The third-order valence-corrected chi connectivity index (χ3v) is 4.28. The van der Waals surface area contributed by atoms with Crippen molar-refractivity contribution in [1.29, 1.82) is 0 Å². The molecule has 0 spiro atoms. The van der Waals surface area contributed by atoms with Gasteiger partial charge in [-0.1, -0.05) is 18.2 Å². The van der Waals surface area contributed by atoms with Crippen LogP contribution in [0.4, 0.5) is 5.69 Å². The maximum atomic E-state index is 12.6. The Morgan fingerprint density at radius 3 is 2.42 bits per heavy atom. The monoisotopic (exact) mass is 399 g/mol. The van der Waals surface area contributed by atoms with Crippen LogP contribution in [0, 0.1) is 5.41 Å². The van der Waals surface area contributed by atoms with Crippen LogP contribution in [0.15, 0.2) is 48.7 Å². The predicted molar refractivity (Wildman–Crippen MR) is 105 cm³/mol. The number of halogens is 2. The molecular weight excluding hydrogens is 377 g/mol. The molecule has 0 radical (unpaired) electrons. The van der Waals surface area contributed by atoms with Crippen molar-refractivity contribution < 1.29 is 14.3 Å². The number of pyridine rings is 1. The number of carbonyl (C=O) groups excluding carboxylic acids is 1. The van der Waals surface area contributed by atoms with Crippen LogP contribution in [0.1, 0.15) is 12.8 Å². The van der Waals surface area contributed by atoms with E-state index in [9.17, 15) is 4.79 Å². The van der Waals surface area contributed by atoms with Crippen molar-refractivity contribution >= 4 is 36.4 Å². The number of anilines is 1. The molecule has 1 aromatic heterocycles. The Morgan fingerprint density at radius 1 is 1.15 bits per heavy atom. The number of nitrogens with one attached hydrogen (secondary N) is 1. The summed E-state index contributed by atoms with van der Waals surface area (Å²) in [4.78, 5) is 16.8. The van der Waals surface area contributed by atoms with E-state index in [0.29, 0.717) is 49.9 Å². The van der Waals surface area contributed by atoms with E-state index in [0.717, 1.165) is 0 Å². The highest BCUT2D eigenvalue weighted by Gasteiger charge is 2.38. The maximum absolute atomic E-state index is 12.6. The minimum absolute atomic E-state index is 0. The average molecular weight is 400 g/mol. The van der Waals surface area contributed by atoms with Gasteiger partial charge in [-0.25, -0.2) is 4.98 Å². The number of nitrogens with two attached hydrogens (primary N) is 1. The van der Waals surface area contributed by atoms with Gasteiger partial charge < -0.3 is 20.5 Å². The third-order valence-electron chi connectivity index (χ3n) is 4.28. The van der Waals surface area contributed by atoms with Gasteiger partial charge in [0.05, 0.1) is 17.3 Å². The van der Waals surface area contributed by atoms with Crippen molar-refractivity contribution in [2.75, 3.05) is 25.1 Å². The quantitative estimate of drug-likeness (QED) is 0.803. The molecule has 26 heavy (non-hydrogen) atoms. The van der Waals surface area contributed by atoms with Crippen molar-refractivity contribution in [2.24, 2.45) is 11.1 Å². The van der Waals surface area contributed by atoms with E-state index >= 15 is 0 Å². The van der Waals surface area contributed by atoms with Crippen molar-refractivity contribution in [3.05, 3.63) is 48.7 Å². The van der Waals surface area contributed by atoms with Crippen LogP contribution in [-0.2, 0) is 9.53 Å². The van der Waals surface area contributed by atoms with E-state index in [-0.39, 0.29) is 30.7 Å². The van der Waals surface area contributed by atoms with E-state index < -0.39 is 5.41 Å². The van der Waals surface area contributed by atoms with Gasteiger partial charge in [0, 0.05) is 25.8 Å². The number of amides is 1. The van der Waals surface area contributed by atoms with Crippen LogP contribution < -0.4 is 15.8 Å². The lowest BCUT2D eigenvalue weighted by Crippen LogP contribution is -2.46. The van der Waals surface area contributed by atoms with Gasteiger partial charge in [0.1, 0.15) is 5.75 Å². The molecule has 8 heteroatoms. The summed E-state index contributed by atoms with van der Waals surface area (Å²) < 4.78 is 11.0. The lowest BCUT2D eigenvalue weighted by atomic mass is 9.79. The lowest BCUT2D eigenvalue weighted by Gasteiger charge is -2.34. The summed E-state index contributed by atoms with van der Waals surface area (Å²) in [5, 5.41) is 2.90. The second-order valence-electron chi connectivity index (χ2n) is 5.85. The Hall–Kier alpha value is -1.86. The highest BCUT2D eigenvalue weighted by Crippen LogP contribution is 2.31. The first-order chi connectivity index (χ1) is 11.7. The zero-order valence-electron chi connectivity index (χ0n) is 14.2. The normalized spacial score (nSPS) is 15.1. The number of hydrogen-bond acceptors (Lipinski definition) is 5. The highest BCUT2D eigenvalue weighted by molar-refractivity contribution is 5.95. The molecule has 3 N–H and O–H groups in total. The number of ether oxygens (including phenoxy) is 2. The number of aromatic nitrogens is 1. The summed E-state index contributed by atoms with van der Waals surface area (Å²) in [6.45, 7) is 1.43. The van der Waals surface area contributed by atoms with E-state index in [1.807, 2.05) is 30.3 Å². The first-order valence-electron chi connectivity index (χ1n) is 8.00. The second kappa shape index (κ2) is 10.3. The van der Waals surface area contributed by atoms with Gasteiger partial charge in [0.2, 0.25) is 11.8 Å². The Kier molecular flexibility index (Phi) is 8.81. The third kappa shape index (κ3) is 5.32. The molecule has 2 aromatic rings. The molecule has 1 saturated heterocycles. The van der Waals surface area contributed by atoms with Gasteiger partial charge in [-0.05, 0) is 31.0 Å². The Morgan fingerprint density at radius 2 is 1.85 bits per heavy atom. The summed E-state index contributed by atoms with van der Waals surface area (Å²) in [6, 6.07) is 12.9. The molecule has 1 fully saturated rings. The zero-order chi connectivity index (χ0) is 16.8. The first kappa shape index (κ1) is 22.2. The summed E-state index contributed by atoms with van der Waals surface area (Å²) >= 11 is 0. The highest BCUT2D eigenvalue weighted by atomic mass is 35.5. The number of para-hydroxylation sites is 1. The number of nitrogens with zero attached hydrogens (tertiary/aromatic N) is 1. The molecule has 2 heterocycles. The molecule has 1 aromatic carbocycles. The van der Waals surface area contributed by atoms with Crippen LogP contribution in [0.5, 0.6) is 11.6 Å². The van der Waals surface area contributed by atoms with Crippen LogP contribution in [0.3, 0.4) is 0 Å². The van der Waals surface area contributed by atoms with Gasteiger partial charge >= 0.3 is 0 Å². The summed E-state index contributed by atoms with van der Waals surface area (Å²) in [6.07, 6.45) is 2.86. The average Bonchev–Trinajstić information content (AvgIpc) is 2.64. The number of benzene rings is 1. The van der Waals surface area contributed by atoms with E-state index in [2.05, 4.69) is 10.3 Å². The maximum Gasteiger partial charge on any atom is 0.232 e. The Labute approximate surface area is 165 Å². The molecule has 1 aliphatic rings. The van der Waals surface area contributed by atoms with Crippen LogP contribution in [-0.4, -0.2) is 30.6 Å². The van der Waals surface area contributed by atoms with Crippen molar-refractivity contribution in [2.45, 2.75) is 12.8 Å². The molecule has 0 aliphatic carbocycles. The van der Waals surface area contributed by atoms with Gasteiger partial charge in [-0.2, -0.15) is 0 Å². The first-order valence-corrected chi connectivity index (χ1v) is 8.00. The summed E-state index contributed by atoms with van der Waals surface area (Å²) in [7, 11) is 0. The molecule has 3 rings (SSSR count). The molecule has 0 atom stereocenters. The van der Waals surface area contributed by atoms with E-state index in [1.165, 1.54) is 0 Å². The fourth-order valence-electron chi connectivity index (χ4n) is 2.67. The van der Waals surface area contributed by atoms with Gasteiger partial charge in [0.15, 0.2) is 0 Å². The van der Waals surface area contributed by atoms with Crippen LogP contribution >= 0.6 is 24.8 Å². The van der Waals surface area contributed by atoms with Gasteiger partial charge in [0.25, 0.3) is 0 Å². The molecule has 0 bridgehead atoms. The molecule has 0 unspecified atom stereocenters. The smallest absolute Gasteiger partial charge is 0.232 e. The molecule has 1 aliphatic heterocycles. The number of carbonyl (C=O) groups is 1. The Balaban J connectivity index is 0.00000169. The SMILES string of the molecule is Cl.Cl.NCC1(C(=O)Nc2ccc(Oc3ccccc3)nc2)CCOCC1. The fourth-order valence-corrected chi connectivity index (χ4v) is 2.67. The minimum atomic E-state index is -0.558. The zero-order valence-corrected chi connectivity index (χ0v) is 15.9. The fraction of sp³-hybridized carbons (Fsp3) is 0.333. The largest absolute Gasteiger partial charge is 0.439 e. The van der Waals surface area contributed by atoms with Crippen LogP contribution in [0.2, 0.25) is 0 Å². The second-order valence-corrected chi connectivity index (χ2v) is 5.85. The van der Waals surface area contributed by atoms with E-state index in [4.69, 9.17) is 15.2 Å². The molecule has 1 amide bonds. The molecular formula is C18H23Cl2N3O3. The summed E-state index contributed by atoms with van der Waals surface area (Å²) in [5.74, 6) is 1.11. The Bertz CT molecular complexity index is 678. The molecule has 6 nitrogen and oxygen atoms in total. The number of hydrogen-bond donors (Lipinski definition) is 2. The van der Waals surface area contributed by atoms with Gasteiger partial charge in [-0.3, -0.25) is 4.79 Å². The molecule has 142 valence electrons. The predicted octanol–water partition coefficient (Wildman–Crippen LogP) is 3.41. The topological polar surface area (TPSA) is 86.5 Å². The van der Waals surface area contributed by atoms with Gasteiger partial charge in [-0.15, -0.1) is 24.8 Å².